The van der Waals surface area contributed by atoms with E-state index >= 15 is 0 Å². The largest absolute Gasteiger partial charge is 0.348 e. The molecule has 2 rings (SSSR count). The highest BCUT2D eigenvalue weighted by molar-refractivity contribution is 5.08. The van der Waals surface area contributed by atoms with Gasteiger partial charge in [0.05, 0.1) is 12.0 Å². The van der Waals surface area contributed by atoms with E-state index in [0.717, 1.165) is 13.1 Å². The number of hydrogen-bond donors (Lipinski definition) is 1. The van der Waals surface area contributed by atoms with Gasteiger partial charge < -0.3 is 4.98 Å². The number of nitrogens with zero attached hydrogens (tertiary/aromatic N) is 3. The number of imidazole rings is 1. The van der Waals surface area contributed by atoms with E-state index < -0.39 is 0 Å². The Kier molecular flexibility index (Phi) is 4.40. The van der Waals surface area contributed by atoms with E-state index in [1.54, 1.807) is 6.33 Å². The van der Waals surface area contributed by atoms with E-state index in [-0.39, 0.29) is 0 Å². The van der Waals surface area contributed by atoms with E-state index in [4.69, 9.17) is 0 Å². The highest BCUT2D eigenvalue weighted by Crippen LogP contribution is 2.17. The van der Waals surface area contributed by atoms with Crippen molar-refractivity contribution < 1.29 is 0 Å². The molecule has 0 saturated carbocycles. The molecule has 0 radical (unpaired) electrons. The van der Waals surface area contributed by atoms with Crippen LogP contribution in [0, 0.1) is 6.92 Å². The minimum atomic E-state index is 0.657. The molecule has 0 aliphatic carbocycles. The second-order valence-corrected chi connectivity index (χ2v) is 5.60. The van der Waals surface area contributed by atoms with Crippen LogP contribution in [-0.4, -0.2) is 51.5 Å². The van der Waals surface area contributed by atoms with Gasteiger partial charge in [0.2, 0.25) is 0 Å². The molecule has 1 saturated heterocycles. The number of hydrogen-bond acceptors (Lipinski definition) is 3. The topological polar surface area (TPSA) is 35.2 Å². The van der Waals surface area contributed by atoms with E-state index in [1.807, 2.05) is 0 Å². The van der Waals surface area contributed by atoms with Crippen molar-refractivity contribution in [1.82, 2.24) is 19.8 Å². The molecule has 0 amide bonds. The molecular formula is C14H26N4. The zero-order chi connectivity index (χ0) is 13.1. The monoisotopic (exact) mass is 250 g/mol. The Labute approximate surface area is 110 Å². The fourth-order valence-electron chi connectivity index (χ4n) is 2.88. The molecule has 1 atom stereocenters. The van der Waals surface area contributed by atoms with Crippen molar-refractivity contribution in [3.8, 4) is 0 Å². The molecule has 0 bridgehead atoms. The second-order valence-electron chi connectivity index (χ2n) is 5.60. The maximum absolute atomic E-state index is 4.40. The van der Waals surface area contributed by atoms with Crippen molar-refractivity contribution in [2.45, 2.75) is 52.7 Å². The number of aryl methyl sites for hydroxylation is 1. The highest BCUT2D eigenvalue weighted by Gasteiger charge is 2.27. The van der Waals surface area contributed by atoms with Crippen LogP contribution in [0.3, 0.4) is 0 Å². The number of H-pyrrole nitrogens is 1. The van der Waals surface area contributed by atoms with Crippen molar-refractivity contribution in [1.29, 1.82) is 0 Å². The highest BCUT2D eigenvalue weighted by atomic mass is 15.3. The summed E-state index contributed by atoms with van der Waals surface area (Å²) in [5.41, 5.74) is 2.40. The number of aromatic amines is 1. The molecule has 1 aromatic heterocycles. The van der Waals surface area contributed by atoms with Crippen LogP contribution in [0.4, 0.5) is 0 Å². The van der Waals surface area contributed by atoms with Gasteiger partial charge in [-0.25, -0.2) is 4.98 Å². The maximum atomic E-state index is 4.40. The third kappa shape index (κ3) is 2.93. The van der Waals surface area contributed by atoms with Gasteiger partial charge in [-0.3, -0.25) is 9.80 Å². The summed E-state index contributed by atoms with van der Waals surface area (Å²) in [6.07, 6.45) is 3.03. The van der Waals surface area contributed by atoms with Gasteiger partial charge in [-0.15, -0.1) is 0 Å². The van der Waals surface area contributed by atoms with Gasteiger partial charge >= 0.3 is 0 Å². The molecule has 1 fully saturated rings. The van der Waals surface area contributed by atoms with Gasteiger partial charge in [0, 0.05) is 44.0 Å². The average molecular weight is 250 g/mol. The maximum Gasteiger partial charge on any atom is 0.0925 e. The Bertz CT molecular complexity index is 372. The molecule has 0 spiro atoms. The molecule has 1 unspecified atom stereocenters. The SMILES string of the molecule is CCC1CN(Cc2nc[nH]c2C)CCN1C(C)C. The average Bonchev–Trinajstić information content (AvgIpc) is 2.74. The van der Waals surface area contributed by atoms with E-state index in [2.05, 4.69) is 47.5 Å². The predicted molar refractivity (Wildman–Crippen MR) is 74.5 cm³/mol. The first-order chi connectivity index (χ1) is 8.61. The normalized spacial score (nSPS) is 22.8. The fraction of sp³-hybridized carbons (Fsp3) is 0.786. The summed E-state index contributed by atoms with van der Waals surface area (Å²) >= 11 is 0. The first-order valence-corrected chi connectivity index (χ1v) is 7.08. The van der Waals surface area contributed by atoms with Gasteiger partial charge in [-0.1, -0.05) is 6.92 Å². The molecular weight excluding hydrogens is 224 g/mol. The predicted octanol–water partition coefficient (Wildman–Crippen LogP) is 2.02. The lowest BCUT2D eigenvalue weighted by atomic mass is 10.1. The van der Waals surface area contributed by atoms with Crippen molar-refractivity contribution in [3.05, 3.63) is 17.7 Å². The van der Waals surface area contributed by atoms with Gasteiger partial charge in [0.25, 0.3) is 0 Å². The Morgan fingerprint density at radius 3 is 2.78 bits per heavy atom. The Hall–Kier alpha value is -0.870. The molecule has 1 N–H and O–H groups in total. The molecule has 102 valence electrons. The molecule has 0 aromatic carbocycles. The summed E-state index contributed by atoms with van der Waals surface area (Å²) in [6, 6.07) is 1.35. The third-order valence-electron chi connectivity index (χ3n) is 4.05. The number of rotatable bonds is 4. The van der Waals surface area contributed by atoms with Gasteiger partial charge in [0.15, 0.2) is 0 Å². The van der Waals surface area contributed by atoms with Crippen LogP contribution in [0.25, 0.3) is 0 Å². The van der Waals surface area contributed by atoms with Crippen LogP contribution in [-0.2, 0) is 6.54 Å². The Morgan fingerprint density at radius 2 is 2.22 bits per heavy atom. The zero-order valence-corrected chi connectivity index (χ0v) is 12.1. The Balaban J connectivity index is 1.95. The molecule has 4 nitrogen and oxygen atoms in total. The van der Waals surface area contributed by atoms with Crippen LogP contribution in [0.15, 0.2) is 6.33 Å². The zero-order valence-electron chi connectivity index (χ0n) is 12.1. The van der Waals surface area contributed by atoms with Crippen LogP contribution >= 0.6 is 0 Å². The summed E-state index contributed by atoms with van der Waals surface area (Å²) in [7, 11) is 0. The van der Waals surface area contributed by atoms with E-state index in [9.17, 15) is 0 Å². The molecule has 18 heavy (non-hydrogen) atoms. The fourth-order valence-corrected chi connectivity index (χ4v) is 2.88. The lowest BCUT2D eigenvalue weighted by molar-refractivity contribution is 0.0451. The number of nitrogens with one attached hydrogen (secondary N) is 1. The van der Waals surface area contributed by atoms with Crippen LogP contribution in [0.1, 0.15) is 38.6 Å². The van der Waals surface area contributed by atoms with Crippen LogP contribution in [0.5, 0.6) is 0 Å². The van der Waals surface area contributed by atoms with E-state index in [1.165, 1.54) is 30.9 Å². The van der Waals surface area contributed by atoms with Crippen LogP contribution < -0.4 is 0 Å². The van der Waals surface area contributed by atoms with Crippen molar-refractivity contribution in [3.63, 3.8) is 0 Å². The molecule has 1 aliphatic heterocycles. The van der Waals surface area contributed by atoms with E-state index in [0.29, 0.717) is 12.1 Å². The van der Waals surface area contributed by atoms with Crippen molar-refractivity contribution >= 4 is 0 Å². The van der Waals surface area contributed by atoms with Gasteiger partial charge in [0.1, 0.15) is 0 Å². The van der Waals surface area contributed by atoms with Gasteiger partial charge in [-0.05, 0) is 27.2 Å². The quantitative estimate of drug-likeness (QED) is 0.888. The van der Waals surface area contributed by atoms with Crippen LogP contribution in [0.2, 0.25) is 0 Å². The second kappa shape index (κ2) is 5.85. The lowest BCUT2D eigenvalue weighted by Crippen LogP contribution is -2.54. The summed E-state index contributed by atoms with van der Waals surface area (Å²) in [5.74, 6) is 0. The summed E-state index contributed by atoms with van der Waals surface area (Å²) in [6.45, 7) is 13.5. The summed E-state index contributed by atoms with van der Waals surface area (Å²) in [4.78, 5) is 12.7. The van der Waals surface area contributed by atoms with Crippen molar-refractivity contribution in [2.75, 3.05) is 19.6 Å². The first-order valence-electron chi connectivity index (χ1n) is 7.08. The molecule has 1 aliphatic rings. The van der Waals surface area contributed by atoms with Crippen molar-refractivity contribution in [2.24, 2.45) is 0 Å². The molecule has 4 heteroatoms. The molecule has 1 aromatic rings. The standard InChI is InChI=1S/C14H26N4/c1-5-13-8-17(6-7-18(13)11(2)3)9-14-12(4)15-10-16-14/h10-11,13H,5-9H2,1-4H3,(H,15,16). The smallest absolute Gasteiger partial charge is 0.0925 e. The molecule has 2 heterocycles. The summed E-state index contributed by atoms with van der Waals surface area (Å²) < 4.78 is 0. The Morgan fingerprint density at radius 1 is 1.44 bits per heavy atom. The van der Waals surface area contributed by atoms with Gasteiger partial charge in [-0.2, -0.15) is 0 Å². The first kappa shape index (κ1) is 13.6. The number of piperazine rings is 1. The third-order valence-corrected chi connectivity index (χ3v) is 4.05. The minimum absolute atomic E-state index is 0.657. The summed E-state index contributed by atoms with van der Waals surface area (Å²) in [5, 5.41) is 0. The number of aromatic nitrogens is 2. The lowest BCUT2D eigenvalue weighted by Gasteiger charge is -2.43. The minimum Gasteiger partial charge on any atom is -0.348 e.